The third kappa shape index (κ3) is 2.69. The maximum absolute atomic E-state index is 9.96. The Kier molecular flexibility index (Phi) is 4.01. The molecule has 0 radical (unpaired) electrons. The number of nitrogens with two attached hydrogens (primary N) is 1. The van der Waals surface area contributed by atoms with E-state index in [0.717, 1.165) is 36.6 Å². The van der Waals surface area contributed by atoms with Crippen LogP contribution in [0.4, 0.5) is 11.5 Å². The van der Waals surface area contributed by atoms with Crippen LogP contribution in [-0.2, 0) is 13.5 Å². The first-order chi connectivity index (χ1) is 8.93. The van der Waals surface area contributed by atoms with E-state index in [1.54, 1.807) is 0 Å². The number of β-amino-alcohol motifs (C(OH)–C–C–N with tert-alkyl or cyclic N) is 1. The van der Waals surface area contributed by atoms with Crippen molar-refractivity contribution in [2.45, 2.75) is 31.9 Å². The van der Waals surface area contributed by atoms with Crippen molar-refractivity contribution in [3.05, 3.63) is 5.69 Å². The van der Waals surface area contributed by atoms with Crippen molar-refractivity contribution in [2.24, 2.45) is 7.05 Å². The molecule has 1 aromatic rings. The Labute approximate surface area is 114 Å². The van der Waals surface area contributed by atoms with Gasteiger partial charge < -0.3 is 20.6 Å². The lowest BCUT2D eigenvalue weighted by Crippen LogP contribution is -2.38. The summed E-state index contributed by atoms with van der Waals surface area (Å²) < 4.78 is 1.84. The average Bonchev–Trinajstić information content (AvgIpc) is 2.79. The van der Waals surface area contributed by atoms with E-state index in [9.17, 15) is 5.11 Å². The Morgan fingerprint density at radius 2 is 2.16 bits per heavy atom. The SMILES string of the molecule is CCc1nn(C)c(N2CC(O)CC2CN(C)C)c1N. The van der Waals surface area contributed by atoms with Crippen molar-refractivity contribution in [1.82, 2.24) is 14.7 Å². The molecule has 3 N–H and O–H groups in total. The molecule has 0 bridgehead atoms. The van der Waals surface area contributed by atoms with Crippen LogP contribution < -0.4 is 10.6 Å². The number of hydrogen-bond acceptors (Lipinski definition) is 5. The van der Waals surface area contributed by atoms with Gasteiger partial charge in [0.1, 0.15) is 0 Å². The lowest BCUT2D eigenvalue weighted by atomic mass is 10.2. The molecule has 2 heterocycles. The molecule has 2 unspecified atom stereocenters. The number of rotatable bonds is 4. The van der Waals surface area contributed by atoms with Gasteiger partial charge in [0.25, 0.3) is 0 Å². The van der Waals surface area contributed by atoms with E-state index in [-0.39, 0.29) is 12.1 Å². The van der Waals surface area contributed by atoms with Gasteiger partial charge in [0.15, 0.2) is 5.82 Å². The fourth-order valence-corrected chi connectivity index (χ4v) is 2.93. The van der Waals surface area contributed by atoms with Gasteiger partial charge >= 0.3 is 0 Å². The van der Waals surface area contributed by atoms with E-state index in [1.165, 1.54) is 0 Å². The number of aliphatic hydroxyl groups excluding tert-OH is 1. The summed E-state index contributed by atoms with van der Waals surface area (Å²) in [6.45, 7) is 3.59. The highest BCUT2D eigenvalue weighted by Gasteiger charge is 2.34. The van der Waals surface area contributed by atoms with Crippen molar-refractivity contribution in [2.75, 3.05) is 37.8 Å². The molecule has 1 aliphatic heterocycles. The molecule has 19 heavy (non-hydrogen) atoms. The van der Waals surface area contributed by atoms with Crippen molar-refractivity contribution < 1.29 is 5.11 Å². The quantitative estimate of drug-likeness (QED) is 0.807. The van der Waals surface area contributed by atoms with Crippen LogP contribution in [0.2, 0.25) is 0 Å². The van der Waals surface area contributed by atoms with Gasteiger partial charge in [-0.15, -0.1) is 0 Å². The molecule has 108 valence electrons. The molecular weight excluding hydrogens is 242 g/mol. The zero-order chi connectivity index (χ0) is 14.2. The Morgan fingerprint density at radius 1 is 1.47 bits per heavy atom. The average molecular weight is 267 g/mol. The lowest BCUT2D eigenvalue weighted by molar-refractivity contribution is 0.191. The van der Waals surface area contributed by atoms with Crippen LogP contribution in [-0.4, -0.2) is 59.1 Å². The number of aromatic nitrogens is 2. The number of aryl methyl sites for hydroxylation is 2. The summed E-state index contributed by atoms with van der Waals surface area (Å²) in [6, 6.07) is 0.285. The number of likely N-dealkylation sites (N-methyl/N-ethyl adjacent to an activating group) is 1. The Bertz CT molecular complexity index is 442. The van der Waals surface area contributed by atoms with Crippen molar-refractivity contribution in [3.8, 4) is 0 Å². The number of nitrogens with zero attached hydrogens (tertiary/aromatic N) is 4. The Morgan fingerprint density at radius 3 is 2.68 bits per heavy atom. The largest absolute Gasteiger partial charge is 0.394 e. The molecule has 0 aromatic carbocycles. The highest BCUT2D eigenvalue weighted by Crippen LogP contribution is 2.32. The van der Waals surface area contributed by atoms with E-state index < -0.39 is 0 Å². The van der Waals surface area contributed by atoms with Crippen molar-refractivity contribution in [1.29, 1.82) is 0 Å². The second kappa shape index (κ2) is 5.38. The molecule has 1 saturated heterocycles. The van der Waals surface area contributed by atoms with Crippen LogP contribution >= 0.6 is 0 Å². The van der Waals surface area contributed by atoms with Crippen LogP contribution in [0.5, 0.6) is 0 Å². The summed E-state index contributed by atoms with van der Waals surface area (Å²) in [5.74, 6) is 0.945. The van der Waals surface area contributed by atoms with Crippen LogP contribution in [0.1, 0.15) is 19.0 Å². The highest BCUT2D eigenvalue weighted by atomic mass is 16.3. The fraction of sp³-hybridized carbons (Fsp3) is 0.769. The number of nitrogen functional groups attached to an aromatic ring is 1. The third-order valence-corrected chi connectivity index (χ3v) is 3.70. The smallest absolute Gasteiger partial charge is 0.150 e. The zero-order valence-electron chi connectivity index (χ0n) is 12.3. The van der Waals surface area contributed by atoms with Gasteiger partial charge in [-0.25, -0.2) is 0 Å². The van der Waals surface area contributed by atoms with Gasteiger partial charge in [-0.1, -0.05) is 6.92 Å². The van der Waals surface area contributed by atoms with Crippen molar-refractivity contribution in [3.63, 3.8) is 0 Å². The minimum Gasteiger partial charge on any atom is -0.394 e. The van der Waals surface area contributed by atoms with Crippen LogP contribution in [0.25, 0.3) is 0 Å². The minimum absolute atomic E-state index is 0.285. The molecule has 0 amide bonds. The first-order valence-corrected chi connectivity index (χ1v) is 6.84. The van der Waals surface area contributed by atoms with Gasteiger partial charge in [-0.2, -0.15) is 5.10 Å². The predicted octanol–water partition coefficient (Wildman–Crippen LogP) is 0.0659. The van der Waals surface area contributed by atoms with E-state index in [1.807, 2.05) is 25.8 Å². The van der Waals surface area contributed by atoms with E-state index in [0.29, 0.717) is 6.54 Å². The highest BCUT2D eigenvalue weighted by molar-refractivity contribution is 5.67. The topological polar surface area (TPSA) is 70.6 Å². The van der Waals surface area contributed by atoms with E-state index >= 15 is 0 Å². The molecule has 0 spiro atoms. The lowest BCUT2D eigenvalue weighted by Gasteiger charge is -2.28. The summed E-state index contributed by atoms with van der Waals surface area (Å²) in [5.41, 5.74) is 7.90. The third-order valence-electron chi connectivity index (χ3n) is 3.70. The predicted molar refractivity (Wildman–Crippen MR) is 77.3 cm³/mol. The first kappa shape index (κ1) is 14.1. The summed E-state index contributed by atoms with van der Waals surface area (Å²) >= 11 is 0. The summed E-state index contributed by atoms with van der Waals surface area (Å²) in [7, 11) is 6.02. The molecule has 6 heteroatoms. The second-order valence-corrected chi connectivity index (χ2v) is 5.62. The number of hydrogen-bond donors (Lipinski definition) is 2. The molecule has 2 rings (SSSR count). The maximum atomic E-state index is 9.96. The normalized spacial score (nSPS) is 23.6. The van der Waals surface area contributed by atoms with Gasteiger partial charge in [0.2, 0.25) is 0 Å². The molecule has 0 aliphatic carbocycles. The van der Waals surface area contributed by atoms with Crippen molar-refractivity contribution >= 4 is 11.5 Å². The monoisotopic (exact) mass is 267 g/mol. The molecule has 1 fully saturated rings. The molecule has 0 saturated carbocycles. The standard InChI is InChI=1S/C13H25N5O/c1-5-11-12(14)13(17(4)15-11)18-8-10(19)6-9(18)7-16(2)3/h9-10,19H,5-8,14H2,1-4H3. The van der Waals surface area contributed by atoms with Gasteiger partial charge in [0, 0.05) is 26.2 Å². The van der Waals surface area contributed by atoms with E-state index in [4.69, 9.17) is 5.73 Å². The molecule has 2 atom stereocenters. The molecule has 6 nitrogen and oxygen atoms in total. The van der Waals surface area contributed by atoms with Crippen LogP contribution in [0, 0.1) is 0 Å². The van der Waals surface area contributed by atoms with Gasteiger partial charge in [-0.05, 0) is 26.9 Å². The first-order valence-electron chi connectivity index (χ1n) is 6.84. The van der Waals surface area contributed by atoms with E-state index in [2.05, 4.69) is 21.8 Å². The molecular formula is C13H25N5O. The summed E-state index contributed by atoms with van der Waals surface area (Å²) in [5, 5.41) is 14.4. The Hall–Kier alpha value is -1.27. The Balaban J connectivity index is 2.31. The van der Waals surface area contributed by atoms with Gasteiger partial charge in [-0.3, -0.25) is 4.68 Å². The second-order valence-electron chi connectivity index (χ2n) is 5.62. The maximum Gasteiger partial charge on any atom is 0.150 e. The summed E-state index contributed by atoms with van der Waals surface area (Å²) in [4.78, 5) is 4.34. The molecule has 1 aromatic heterocycles. The van der Waals surface area contributed by atoms with Gasteiger partial charge in [0.05, 0.1) is 17.5 Å². The van der Waals surface area contributed by atoms with Crippen LogP contribution in [0.15, 0.2) is 0 Å². The fourth-order valence-electron chi connectivity index (χ4n) is 2.93. The molecule has 1 aliphatic rings. The summed E-state index contributed by atoms with van der Waals surface area (Å²) in [6.07, 6.45) is 1.32. The zero-order valence-corrected chi connectivity index (χ0v) is 12.3. The van der Waals surface area contributed by atoms with Crippen LogP contribution in [0.3, 0.4) is 0 Å². The minimum atomic E-state index is -0.288. The number of aliphatic hydroxyl groups is 1. The number of anilines is 2.